The molecule has 1 aliphatic carbocycles. The number of benzene rings is 2. The number of carbonyl (C=O) groups is 1. The average Bonchev–Trinajstić information content (AvgIpc) is 3.28. The number of aryl methyl sites for hydroxylation is 2. The molecule has 1 unspecified atom stereocenters. The molecule has 0 saturated heterocycles. The van der Waals surface area contributed by atoms with E-state index in [1.807, 2.05) is 33.0 Å². The number of aromatic nitrogens is 1. The van der Waals surface area contributed by atoms with Crippen molar-refractivity contribution in [2.45, 2.75) is 52.0 Å². The second-order valence-electron chi connectivity index (χ2n) is 10.6. The van der Waals surface area contributed by atoms with Gasteiger partial charge in [0, 0.05) is 33.4 Å². The summed E-state index contributed by atoms with van der Waals surface area (Å²) < 4.78 is 21.1. The van der Waals surface area contributed by atoms with E-state index in [4.69, 9.17) is 16.3 Å². The lowest BCUT2D eigenvalue weighted by Crippen LogP contribution is -2.35. The number of hydrogen-bond donors (Lipinski definition) is 1. The lowest BCUT2D eigenvalue weighted by atomic mass is 9.73. The van der Waals surface area contributed by atoms with Crippen molar-refractivity contribution >= 4 is 38.8 Å². The van der Waals surface area contributed by atoms with Crippen LogP contribution < -0.4 is 10.1 Å². The molecule has 4 nitrogen and oxygen atoms in total. The summed E-state index contributed by atoms with van der Waals surface area (Å²) in [7, 11) is 3.66. The molecule has 1 fully saturated rings. The maximum Gasteiger partial charge on any atom is 0.178 e. The first-order chi connectivity index (χ1) is 18.8. The molecule has 0 amide bonds. The molecule has 204 valence electrons. The molecule has 5 rings (SSSR count). The highest BCUT2D eigenvalue weighted by Gasteiger charge is 2.35. The maximum absolute atomic E-state index is 14.7. The molecule has 0 spiro atoms. The SMILES string of the molecule is CNC1CCC(C(Cc2cc(-c3cc(C)nc(C)c3)ccc2OC)C(=O)c2sc3cccc(F)c3c2Cl)CC1. The van der Waals surface area contributed by atoms with Gasteiger partial charge < -0.3 is 10.1 Å². The minimum atomic E-state index is -0.392. The summed E-state index contributed by atoms with van der Waals surface area (Å²) in [6, 6.07) is 15.7. The Balaban J connectivity index is 1.55. The Kier molecular flexibility index (Phi) is 8.36. The van der Waals surface area contributed by atoms with Crippen LogP contribution in [0.5, 0.6) is 5.75 Å². The first-order valence-electron chi connectivity index (χ1n) is 13.5. The minimum Gasteiger partial charge on any atom is -0.496 e. The van der Waals surface area contributed by atoms with E-state index in [1.165, 1.54) is 17.4 Å². The standard InChI is InChI=1S/C32H34ClFN2O2S/c1-18-14-22(15-19(2)36-18)21-10-13-27(38-4)23(16-21)17-25(20-8-11-24(35-3)12-9-20)31(37)32-30(33)29-26(34)6-5-7-28(29)39-32/h5-7,10,13-16,20,24-25,35H,8-9,11-12,17H2,1-4H3. The van der Waals surface area contributed by atoms with E-state index < -0.39 is 5.82 Å². The van der Waals surface area contributed by atoms with Crippen molar-refractivity contribution in [3.63, 3.8) is 0 Å². The van der Waals surface area contributed by atoms with Crippen LogP contribution in [0.4, 0.5) is 4.39 Å². The number of pyridine rings is 1. The highest BCUT2D eigenvalue weighted by Crippen LogP contribution is 2.42. The first-order valence-corrected chi connectivity index (χ1v) is 14.7. The largest absolute Gasteiger partial charge is 0.496 e. The molecule has 2 aromatic heterocycles. The quantitative estimate of drug-likeness (QED) is 0.219. The predicted molar refractivity (Wildman–Crippen MR) is 159 cm³/mol. The van der Waals surface area contributed by atoms with Crippen molar-refractivity contribution in [1.29, 1.82) is 0 Å². The zero-order chi connectivity index (χ0) is 27.7. The van der Waals surface area contributed by atoms with Gasteiger partial charge in [0.2, 0.25) is 0 Å². The third-order valence-corrected chi connectivity index (χ3v) is 9.71. The Morgan fingerprint density at radius 1 is 1.10 bits per heavy atom. The summed E-state index contributed by atoms with van der Waals surface area (Å²) in [5, 5.41) is 3.96. The number of ether oxygens (including phenoxy) is 1. The zero-order valence-electron chi connectivity index (χ0n) is 22.8. The van der Waals surface area contributed by atoms with E-state index >= 15 is 0 Å². The molecule has 0 aliphatic heterocycles. The van der Waals surface area contributed by atoms with Crippen molar-refractivity contribution in [3.05, 3.63) is 81.2 Å². The second-order valence-corrected chi connectivity index (χ2v) is 12.0. The molecule has 39 heavy (non-hydrogen) atoms. The number of nitrogens with one attached hydrogen (secondary N) is 1. The van der Waals surface area contributed by atoms with E-state index in [0.717, 1.165) is 59.5 Å². The molecule has 1 atom stereocenters. The maximum atomic E-state index is 14.7. The summed E-state index contributed by atoms with van der Waals surface area (Å²) in [6.07, 6.45) is 4.47. The van der Waals surface area contributed by atoms with Gasteiger partial charge in [-0.2, -0.15) is 0 Å². The number of hydrogen-bond acceptors (Lipinski definition) is 5. The van der Waals surface area contributed by atoms with Gasteiger partial charge in [-0.3, -0.25) is 9.78 Å². The molecule has 2 aromatic carbocycles. The highest BCUT2D eigenvalue weighted by atomic mass is 35.5. The third-order valence-electron chi connectivity index (χ3n) is 8.05. The number of Topliss-reactive ketones (excluding diaryl/α,β-unsaturated/α-hetero) is 1. The molecule has 2 heterocycles. The lowest BCUT2D eigenvalue weighted by molar-refractivity contribution is 0.0840. The topological polar surface area (TPSA) is 51.2 Å². The van der Waals surface area contributed by atoms with Crippen molar-refractivity contribution in [2.24, 2.45) is 11.8 Å². The van der Waals surface area contributed by atoms with Gasteiger partial charge in [0.1, 0.15) is 11.6 Å². The number of nitrogens with zero attached hydrogens (tertiary/aromatic N) is 1. The Bertz CT molecular complexity index is 1490. The zero-order valence-corrected chi connectivity index (χ0v) is 24.4. The molecule has 1 saturated carbocycles. The van der Waals surface area contributed by atoms with E-state index in [2.05, 4.69) is 34.6 Å². The van der Waals surface area contributed by atoms with Crippen LogP contribution in [0, 0.1) is 31.5 Å². The normalized spacial score (nSPS) is 18.3. The lowest BCUT2D eigenvalue weighted by Gasteiger charge is -2.33. The van der Waals surface area contributed by atoms with Crippen molar-refractivity contribution in [2.75, 3.05) is 14.2 Å². The monoisotopic (exact) mass is 564 g/mol. The average molecular weight is 565 g/mol. The van der Waals surface area contributed by atoms with Gasteiger partial charge in [0.15, 0.2) is 5.78 Å². The van der Waals surface area contributed by atoms with Crippen LogP contribution in [0.1, 0.15) is 52.3 Å². The van der Waals surface area contributed by atoms with Crippen LogP contribution in [0.3, 0.4) is 0 Å². The fourth-order valence-corrected chi connectivity index (χ4v) is 7.61. The second kappa shape index (κ2) is 11.7. The number of carbonyl (C=O) groups excluding carboxylic acids is 1. The number of methoxy groups -OCH3 is 1. The summed E-state index contributed by atoms with van der Waals surface area (Å²) in [6.45, 7) is 3.99. The number of halogens is 2. The Morgan fingerprint density at radius 2 is 1.82 bits per heavy atom. The van der Waals surface area contributed by atoms with Gasteiger partial charge >= 0.3 is 0 Å². The van der Waals surface area contributed by atoms with E-state index in [-0.39, 0.29) is 22.6 Å². The third kappa shape index (κ3) is 5.74. The molecule has 4 aromatic rings. The number of fused-ring (bicyclic) bond motifs is 1. The van der Waals surface area contributed by atoms with Gasteiger partial charge in [-0.25, -0.2) is 4.39 Å². The van der Waals surface area contributed by atoms with Crippen LogP contribution in [-0.4, -0.2) is 31.0 Å². The van der Waals surface area contributed by atoms with Crippen molar-refractivity contribution in [1.82, 2.24) is 10.3 Å². The summed E-state index contributed by atoms with van der Waals surface area (Å²) in [5.41, 5.74) is 5.06. The van der Waals surface area contributed by atoms with Gasteiger partial charge in [-0.1, -0.05) is 23.7 Å². The van der Waals surface area contributed by atoms with Crippen LogP contribution in [0.2, 0.25) is 5.02 Å². The smallest absolute Gasteiger partial charge is 0.178 e. The first kappa shape index (κ1) is 27.8. The molecule has 7 heteroatoms. The fraction of sp³-hybridized carbons (Fsp3) is 0.375. The molecule has 1 aliphatic rings. The molecule has 1 N–H and O–H groups in total. The van der Waals surface area contributed by atoms with Crippen LogP contribution in [-0.2, 0) is 6.42 Å². The molecule has 0 bridgehead atoms. The van der Waals surface area contributed by atoms with Crippen molar-refractivity contribution in [3.8, 4) is 16.9 Å². The van der Waals surface area contributed by atoms with Gasteiger partial charge in [-0.05, 0) is 112 Å². The highest BCUT2D eigenvalue weighted by molar-refractivity contribution is 7.21. The molecule has 0 radical (unpaired) electrons. The predicted octanol–water partition coefficient (Wildman–Crippen LogP) is 8.20. The molecular formula is C32H34ClFN2O2S. The van der Waals surface area contributed by atoms with Crippen LogP contribution in [0.25, 0.3) is 21.2 Å². The minimum absolute atomic E-state index is 0.00318. The van der Waals surface area contributed by atoms with Crippen LogP contribution in [0.15, 0.2) is 48.5 Å². The summed E-state index contributed by atoms with van der Waals surface area (Å²) >= 11 is 7.99. The van der Waals surface area contributed by atoms with E-state index in [1.54, 1.807) is 13.2 Å². The fourth-order valence-electron chi connectivity index (χ4n) is 6.04. The Hall–Kier alpha value is -2.80. The van der Waals surface area contributed by atoms with Gasteiger partial charge in [-0.15, -0.1) is 11.3 Å². The van der Waals surface area contributed by atoms with Gasteiger partial charge in [0.05, 0.1) is 17.0 Å². The van der Waals surface area contributed by atoms with Crippen molar-refractivity contribution < 1.29 is 13.9 Å². The number of ketones is 1. The van der Waals surface area contributed by atoms with E-state index in [9.17, 15) is 9.18 Å². The summed E-state index contributed by atoms with van der Waals surface area (Å²) in [5.74, 6) is 0.276. The van der Waals surface area contributed by atoms with Gasteiger partial charge in [0.25, 0.3) is 0 Å². The number of rotatable bonds is 8. The summed E-state index contributed by atoms with van der Waals surface area (Å²) in [4.78, 5) is 19.3. The van der Waals surface area contributed by atoms with E-state index in [0.29, 0.717) is 27.4 Å². The molecular weight excluding hydrogens is 531 g/mol. The Morgan fingerprint density at radius 3 is 2.46 bits per heavy atom. The Labute approximate surface area is 238 Å². The number of thiophene rings is 1. The van der Waals surface area contributed by atoms with Crippen LogP contribution >= 0.6 is 22.9 Å².